The van der Waals surface area contributed by atoms with Gasteiger partial charge in [-0.15, -0.1) is 0 Å². The molecule has 0 saturated heterocycles. The van der Waals surface area contributed by atoms with E-state index in [0.717, 1.165) is 0 Å². The lowest BCUT2D eigenvalue weighted by Gasteiger charge is -2.12. The van der Waals surface area contributed by atoms with Crippen molar-refractivity contribution in [3.8, 4) is 0 Å². The molecule has 0 aliphatic heterocycles. The molecule has 0 N–H and O–H groups in total. The predicted octanol–water partition coefficient (Wildman–Crippen LogP) is 2.62. The van der Waals surface area contributed by atoms with Gasteiger partial charge in [-0.25, -0.2) is 0 Å². The third-order valence-corrected chi connectivity index (χ3v) is 1.06. The second-order valence-corrected chi connectivity index (χ2v) is 4.26. The normalized spacial score (nSPS) is 10.8. The third-order valence-electron chi connectivity index (χ3n) is 1.06. The molecule has 0 aromatic heterocycles. The Bertz CT molecular complexity index is 56.9. The van der Waals surface area contributed by atoms with Gasteiger partial charge in [-0.2, -0.15) is 0 Å². The summed E-state index contributed by atoms with van der Waals surface area (Å²) in [5.41, 5.74) is 0.542. The average molecular weight is 145 g/mol. The van der Waals surface area contributed by atoms with Crippen molar-refractivity contribution in [1.82, 2.24) is 4.90 Å². The minimum Gasteiger partial charge on any atom is -0.312 e. The second kappa shape index (κ2) is 5.72. The fraction of sp³-hybridized carbons (Fsp3) is 1.00. The molecule has 0 radical (unpaired) electrons. The Morgan fingerprint density at radius 3 is 1.10 bits per heavy atom. The minimum absolute atomic E-state index is 0.542. The number of rotatable bonds is 0. The van der Waals surface area contributed by atoms with Crippen LogP contribution in [0.4, 0.5) is 0 Å². The van der Waals surface area contributed by atoms with E-state index in [4.69, 9.17) is 0 Å². The predicted molar refractivity (Wildman–Crippen MR) is 49.4 cm³/mol. The van der Waals surface area contributed by atoms with E-state index in [1.165, 1.54) is 6.42 Å². The number of hydrogen-bond acceptors (Lipinski definition) is 1. The van der Waals surface area contributed by atoms with Gasteiger partial charge in [-0.1, -0.05) is 34.1 Å². The van der Waals surface area contributed by atoms with Crippen molar-refractivity contribution in [1.29, 1.82) is 0 Å². The summed E-state index contributed by atoms with van der Waals surface area (Å²) in [5, 5.41) is 0. The Morgan fingerprint density at radius 2 is 1.10 bits per heavy atom. The summed E-state index contributed by atoms with van der Waals surface area (Å²) < 4.78 is 0. The van der Waals surface area contributed by atoms with Gasteiger partial charge in [0.05, 0.1) is 0 Å². The van der Waals surface area contributed by atoms with E-state index in [0.29, 0.717) is 5.41 Å². The second-order valence-electron chi connectivity index (χ2n) is 4.26. The van der Waals surface area contributed by atoms with E-state index in [-0.39, 0.29) is 0 Å². The maximum absolute atomic E-state index is 2.24. The number of hydrogen-bond donors (Lipinski definition) is 0. The first-order valence-corrected chi connectivity index (χ1v) is 3.90. The molecule has 0 spiro atoms. The summed E-state index contributed by atoms with van der Waals surface area (Å²) in [7, 11) is 6.00. The zero-order chi connectivity index (χ0) is 8.78. The van der Waals surface area contributed by atoms with Gasteiger partial charge in [0.15, 0.2) is 0 Å². The van der Waals surface area contributed by atoms with Crippen LogP contribution in [-0.2, 0) is 0 Å². The molecule has 10 heavy (non-hydrogen) atoms. The summed E-state index contributed by atoms with van der Waals surface area (Å²) in [5.74, 6) is 0. The molecule has 0 fully saturated rings. The highest BCUT2D eigenvalue weighted by Crippen LogP contribution is 2.16. The molecule has 0 aliphatic rings. The van der Waals surface area contributed by atoms with Gasteiger partial charge in [0, 0.05) is 0 Å². The maximum atomic E-state index is 2.24. The van der Waals surface area contributed by atoms with Crippen molar-refractivity contribution in [2.75, 3.05) is 21.1 Å². The molecule has 0 aromatic carbocycles. The van der Waals surface area contributed by atoms with Crippen molar-refractivity contribution >= 4 is 0 Å². The molecule has 1 nitrogen and oxygen atoms in total. The van der Waals surface area contributed by atoms with Gasteiger partial charge in [0.25, 0.3) is 0 Å². The lowest BCUT2D eigenvalue weighted by Crippen LogP contribution is -2.00. The van der Waals surface area contributed by atoms with E-state index in [1.807, 2.05) is 26.0 Å². The van der Waals surface area contributed by atoms with Crippen molar-refractivity contribution in [2.24, 2.45) is 5.41 Å². The molecule has 0 aliphatic carbocycles. The zero-order valence-electron chi connectivity index (χ0n) is 8.65. The zero-order valence-corrected chi connectivity index (χ0v) is 8.65. The van der Waals surface area contributed by atoms with Crippen LogP contribution in [0, 0.1) is 5.41 Å². The molecule has 0 bridgehead atoms. The molecular formula is C9H23N. The van der Waals surface area contributed by atoms with Crippen LogP contribution in [-0.4, -0.2) is 26.0 Å². The standard InChI is InChI=1S/C6H14.C3H9N/c1-5-6(2,3)4;1-4(2)3/h5H2,1-4H3;1-3H3. The largest absolute Gasteiger partial charge is 0.312 e. The molecule has 1 heteroatoms. The van der Waals surface area contributed by atoms with Crippen molar-refractivity contribution in [3.05, 3.63) is 0 Å². The van der Waals surface area contributed by atoms with Crippen LogP contribution >= 0.6 is 0 Å². The molecule has 0 saturated carbocycles. The van der Waals surface area contributed by atoms with Crippen LogP contribution in [0.5, 0.6) is 0 Å². The molecule has 0 heterocycles. The summed E-state index contributed by atoms with van der Waals surface area (Å²) in [6, 6.07) is 0. The Hall–Kier alpha value is -0.0400. The van der Waals surface area contributed by atoms with Crippen molar-refractivity contribution in [2.45, 2.75) is 34.1 Å². The van der Waals surface area contributed by atoms with Crippen molar-refractivity contribution in [3.63, 3.8) is 0 Å². The smallest absolute Gasteiger partial charge is 0.0140 e. The summed E-state index contributed by atoms with van der Waals surface area (Å²) in [4.78, 5) is 2.00. The van der Waals surface area contributed by atoms with E-state index in [1.54, 1.807) is 0 Å². The Morgan fingerprint density at radius 1 is 1.00 bits per heavy atom. The first kappa shape index (κ1) is 12.6. The van der Waals surface area contributed by atoms with Gasteiger partial charge in [-0.3, -0.25) is 0 Å². The Labute approximate surface area is 66.4 Å². The molecule has 64 valence electrons. The summed E-state index contributed by atoms with van der Waals surface area (Å²) in [6.45, 7) is 8.94. The van der Waals surface area contributed by atoms with Gasteiger partial charge in [-0.05, 0) is 26.6 Å². The molecule has 0 aromatic rings. The molecule has 0 atom stereocenters. The van der Waals surface area contributed by atoms with Crippen LogP contribution in [0.25, 0.3) is 0 Å². The van der Waals surface area contributed by atoms with Crippen LogP contribution in [0.2, 0.25) is 0 Å². The van der Waals surface area contributed by atoms with E-state index < -0.39 is 0 Å². The number of nitrogens with zero attached hydrogens (tertiary/aromatic N) is 1. The topological polar surface area (TPSA) is 3.24 Å². The summed E-state index contributed by atoms with van der Waals surface area (Å²) >= 11 is 0. The lowest BCUT2D eigenvalue weighted by atomic mass is 9.94. The highest BCUT2D eigenvalue weighted by molar-refractivity contribution is 4.55. The van der Waals surface area contributed by atoms with E-state index >= 15 is 0 Å². The Balaban J connectivity index is 0. The first-order chi connectivity index (χ1) is 4.29. The average Bonchev–Trinajstić information content (AvgIpc) is 1.63. The monoisotopic (exact) mass is 145 g/mol. The summed E-state index contributed by atoms with van der Waals surface area (Å²) in [6.07, 6.45) is 1.27. The van der Waals surface area contributed by atoms with Gasteiger partial charge >= 0.3 is 0 Å². The highest BCUT2D eigenvalue weighted by Gasteiger charge is 2.03. The fourth-order valence-corrected chi connectivity index (χ4v) is 0. The molecule has 0 amide bonds. The van der Waals surface area contributed by atoms with E-state index in [9.17, 15) is 0 Å². The highest BCUT2D eigenvalue weighted by atomic mass is 15.0. The quantitative estimate of drug-likeness (QED) is 0.506. The van der Waals surface area contributed by atoms with Crippen LogP contribution in [0.3, 0.4) is 0 Å². The van der Waals surface area contributed by atoms with Gasteiger partial charge in [0.2, 0.25) is 0 Å². The van der Waals surface area contributed by atoms with Gasteiger partial charge < -0.3 is 4.90 Å². The fourth-order valence-electron chi connectivity index (χ4n) is 0. The Kier molecular flexibility index (Phi) is 7.22. The van der Waals surface area contributed by atoms with Gasteiger partial charge in [0.1, 0.15) is 0 Å². The van der Waals surface area contributed by atoms with Crippen LogP contribution < -0.4 is 0 Å². The molecular weight excluding hydrogens is 122 g/mol. The minimum atomic E-state index is 0.542. The third kappa shape index (κ3) is 44.0. The van der Waals surface area contributed by atoms with Crippen LogP contribution in [0.1, 0.15) is 34.1 Å². The van der Waals surface area contributed by atoms with E-state index in [2.05, 4.69) is 27.7 Å². The molecule has 0 rings (SSSR count). The first-order valence-electron chi connectivity index (χ1n) is 3.90. The maximum Gasteiger partial charge on any atom is -0.0140 e. The van der Waals surface area contributed by atoms with Crippen LogP contribution in [0.15, 0.2) is 0 Å². The SMILES string of the molecule is CCC(C)(C)C.CN(C)C. The molecule has 0 unspecified atom stereocenters. The lowest BCUT2D eigenvalue weighted by molar-refractivity contribution is 0.398. The van der Waals surface area contributed by atoms with Crippen molar-refractivity contribution < 1.29 is 0 Å².